The molecule has 1 unspecified atom stereocenters. The fourth-order valence-corrected chi connectivity index (χ4v) is 5.58. The molecule has 0 N–H and O–H groups in total. The molecule has 1 atom stereocenters. The van der Waals surface area contributed by atoms with Crippen LogP contribution < -0.4 is 0 Å². The van der Waals surface area contributed by atoms with E-state index in [2.05, 4.69) is 0 Å². The zero-order chi connectivity index (χ0) is 18.9. The van der Waals surface area contributed by atoms with Gasteiger partial charge in [-0.1, -0.05) is 42.0 Å². The maximum absolute atomic E-state index is 13.2. The fraction of sp³-hybridized carbons (Fsp3) is 0.444. The quantitative estimate of drug-likeness (QED) is 0.677. The second-order valence-corrected chi connectivity index (χ2v) is 8.86. The number of benzene rings is 1. The van der Waals surface area contributed by atoms with Crippen molar-refractivity contribution in [3.63, 3.8) is 0 Å². The number of nitrogens with zero attached hydrogens (tertiary/aromatic N) is 1. The van der Waals surface area contributed by atoms with Crippen LogP contribution in [0.3, 0.4) is 0 Å². The fourth-order valence-electron chi connectivity index (χ4n) is 3.56. The molecule has 0 spiro atoms. The first-order valence-corrected chi connectivity index (χ1v) is 10.2. The minimum absolute atomic E-state index is 0.0673. The Morgan fingerprint density at radius 3 is 2.38 bits per heavy atom. The van der Waals surface area contributed by atoms with E-state index >= 15 is 0 Å². The zero-order valence-electron chi connectivity index (χ0n) is 13.9. The van der Waals surface area contributed by atoms with Gasteiger partial charge in [-0.3, -0.25) is 0 Å². The Bertz CT molecular complexity index is 825. The molecule has 0 saturated carbocycles. The van der Waals surface area contributed by atoms with Crippen LogP contribution in [0.5, 0.6) is 0 Å². The molecule has 1 aromatic rings. The maximum Gasteiger partial charge on any atom is 0.417 e. The number of halogens is 4. The molecule has 0 bridgehead atoms. The molecule has 142 valence electrons. The lowest BCUT2D eigenvalue weighted by atomic mass is 9.82. The summed E-state index contributed by atoms with van der Waals surface area (Å²) in [6, 6.07) is 4.33. The van der Waals surface area contributed by atoms with Crippen molar-refractivity contribution in [2.24, 2.45) is 11.8 Å². The van der Waals surface area contributed by atoms with E-state index in [1.54, 1.807) is 0 Å². The Labute approximate surface area is 156 Å². The van der Waals surface area contributed by atoms with Crippen molar-refractivity contribution in [2.45, 2.75) is 30.3 Å². The second kappa shape index (κ2) is 7.37. The Morgan fingerprint density at radius 2 is 1.77 bits per heavy atom. The number of hydrogen-bond acceptors (Lipinski definition) is 2. The summed E-state index contributed by atoms with van der Waals surface area (Å²) in [6.07, 6.45) is 3.20. The van der Waals surface area contributed by atoms with Gasteiger partial charge in [0.1, 0.15) is 0 Å². The molecule has 8 heteroatoms. The van der Waals surface area contributed by atoms with Gasteiger partial charge >= 0.3 is 6.18 Å². The molecule has 2 aliphatic rings. The molecule has 1 aliphatic carbocycles. The average molecular weight is 406 g/mol. The van der Waals surface area contributed by atoms with Gasteiger partial charge in [0.25, 0.3) is 0 Å². The molecular weight excluding hydrogens is 387 g/mol. The van der Waals surface area contributed by atoms with Gasteiger partial charge in [0.15, 0.2) is 0 Å². The van der Waals surface area contributed by atoms with Crippen LogP contribution in [0.25, 0.3) is 0 Å². The predicted octanol–water partition coefficient (Wildman–Crippen LogP) is 4.80. The van der Waals surface area contributed by atoms with Crippen molar-refractivity contribution in [2.75, 3.05) is 13.1 Å². The largest absolute Gasteiger partial charge is 0.417 e. The molecule has 1 aromatic carbocycles. The van der Waals surface area contributed by atoms with E-state index in [1.165, 1.54) is 12.1 Å². The number of rotatable bonds is 3. The van der Waals surface area contributed by atoms with Gasteiger partial charge in [0.2, 0.25) is 10.0 Å². The Morgan fingerprint density at radius 1 is 1.12 bits per heavy atom. The lowest BCUT2D eigenvalue weighted by Crippen LogP contribution is -2.40. The average Bonchev–Trinajstić information content (AvgIpc) is 2.61. The van der Waals surface area contributed by atoms with Crippen molar-refractivity contribution in [1.82, 2.24) is 4.31 Å². The van der Waals surface area contributed by atoms with Crippen LogP contribution >= 0.6 is 11.6 Å². The van der Waals surface area contributed by atoms with Gasteiger partial charge in [-0.25, -0.2) is 8.42 Å². The number of allylic oxidation sites excluding steroid dienone is 4. The lowest BCUT2D eigenvalue weighted by molar-refractivity contribution is -0.139. The normalized spacial score (nSPS) is 23.1. The first-order valence-electron chi connectivity index (χ1n) is 8.40. The smallest absolute Gasteiger partial charge is 0.207 e. The van der Waals surface area contributed by atoms with Crippen LogP contribution in [0.4, 0.5) is 13.2 Å². The molecule has 1 aliphatic heterocycles. The van der Waals surface area contributed by atoms with Crippen LogP contribution in [-0.4, -0.2) is 25.8 Å². The first-order chi connectivity index (χ1) is 12.2. The summed E-state index contributed by atoms with van der Waals surface area (Å²) in [6.45, 7) is 0.376. The van der Waals surface area contributed by atoms with Crippen LogP contribution in [0.2, 0.25) is 0 Å². The van der Waals surface area contributed by atoms with Gasteiger partial charge in [-0.05, 0) is 37.3 Å². The highest BCUT2D eigenvalue weighted by Gasteiger charge is 2.40. The van der Waals surface area contributed by atoms with E-state index in [-0.39, 0.29) is 24.9 Å². The molecule has 0 aromatic heterocycles. The Hall–Kier alpha value is -1.31. The SMILES string of the molecule is O=S(=O)(c1ccccc1C(F)(F)F)N1CCC(C2C=CCC=C2Cl)CC1. The van der Waals surface area contributed by atoms with Crippen molar-refractivity contribution in [3.05, 3.63) is 53.1 Å². The molecule has 3 rings (SSSR count). The monoisotopic (exact) mass is 405 g/mol. The van der Waals surface area contributed by atoms with Crippen molar-refractivity contribution >= 4 is 21.6 Å². The van der Waals surface area contributed by atoms with Gasteiger partial charge in [-0.15, -0.1) is 0 Å². The Balaban J connectivity index is 1.78. The first kappa shape index (κ1) is 19.5. The molecule has 1 fully saturated rings. The Kier molecular flexibility index (Phi) is 5.51. The van der Waals surface area contributed by atoms with E-state index in [0.717, 1.165) is 27.9 Å². The summed E-state index contributed by atoms with van der Waals surface area (Å²) in [5.74, 6) is 0.261. The van der Waals surface area contributed by atoms with Gasteiger partial charge in [0, 0.05) is 24.0 Å². The van der Waals surface area contributed by atoms with Crippen LogP contribution in [-0.2, 0) is 16.2 Å². The van der Waals surface area contributed by atoms with Gasteiger partial charge < -0.3 is 0 Å². The topological polar surface area (TPSA) is 37.4 Å². The molecule has 26 heavy (non-hydrogen) atoms. The van der Waals surface area contributed by atoms with Crippen molar-refractivity contribution in [1.29, 1.82) is 0 Å². The lowest BCUT2D eigenvalue weighted by Gasteiger charge is -2.35. The van der Waals surface area contributed by atoms with Gasteiger partial charge in [-0.2, -0.15) is 17.5 Å². The van der Waals surface area contributed by atoms with Crippen molar-refractivity contribution in [3.8, 4) is 0 Å². The molecule has 1 saturated heterocycles. The molecule has 0 radical (unpaired) electrons. The summed E-state index contributed by atoms with van der Waals surface area (Å²) in [7, 11) is -4.20. The molecule has 3 nitrogen and oxygen atoms in total. The van der Waals surface area contributed by atoms with Crippen LogP contribution in [0.15, 0.2) is 52.4 Å². The number of piperidine rings is 1. The van der Waals surface area contributed by atoms with E-state index in [0.29, 0.717) is 12.8 Å². The third-order valence-corrected chi connectivity index (χ3v) is 7.29. The number of alkyl halides is 3. The van der Waals surface area contributed by atoms with Crippen molar-refractivity contribution < 1.29 is 21.6 Å². The van der Waals surface area contributed by atoms with E-state index in [4.69, 9.17) is 11.6 Å². The number of hydrogen-bond donors (Lipinski definition) is 0. The standard InChI is InChI=1S/C18H19ClF3NO2S/c19-16-7-3-1-5-14(16)13-9-11-23(12-10-13)26(24,25)17-8-4-2-6-15(17)18(20,21)22/h1-2,4-8,13-14H,3,9-12H2. The summed E-state index contributed by atoms with van der Waals surface area (Å²) < 4.78 is 66.3. The third kappa shape index (κ3) is 3.85. The maximum atomic E-state index is 13.2. The number of sulfonamides is 1. The van der Waals surface area contributed by atoms with E-state index < -0.39 is 26.7 Å². The van der Waals surface area contributed by atoms with Crippen LogP contribution in [0, 0.1) is 11.8 Å². The third-order valence-electron chi connectivity index (χ3n) is 4.93. The predicted molar refractivity (Wildman–Crippen MR) is 94.1 cm³/mol. The van der Waals surface area contributed by atoms with E-state index in [9.17, 15) is 21.6 Å². The summed E-state index contributed by atoms with van der Waals surface area (Å²) >= 11 is 6.26. The molecular formula is C18H19ClF3NO2S. The summed E-state index contributed by atoms with van der Waals surface area (Å²) in [4.78, 5) is -0.679. The molecule has 1 heterocycles. The highest BCUT2D eigenvalue weighted by atomic mass is 35.5. The summed E-state index contributed by atoms with van der Waals surface area (Å²) in [5, 5.41) is 0.760. The summed E-state index contributed by atoms with van der Waals surface area (Å²) in [5.41, 5.74) is -1.12. The minimum Gasteiger partial charge on any atom is -0.207 e. The van der Waals surface area contributed by atoms with Crippen LogP contribution in [0.1, 0.15) is 24.8 Å². The highest BCUT2D eigenvalue weighted by molar-refractivity contribution is 7.89. The highest BCUT2D eigenvalue weighted by Crippen LogP contribution is 2.38. The molecule has 0 amide bonds. The van der Waals surface area contributed by atoms with Gasteiger partial charge in [0.05, 0.1) is 10.5 Å². The minimum atomic E-state index is -4.72. The second-order valence-electron chi connectivity index (χ2n) is 6.51. The zero-order valence-corrected chi connectivity index (χ0v) is 15.5. The van der Waals surface area contributed by atoms with E-state index in [1.807, 2.05) is 18.2 Å².